The van der Waals surface area contributed by atoms with Gasteiger partial charge < -0.3 is 10.1 Å². The molecule has 1 unspecified atom stereocenters. The molecule has 0 aliphatic heterocycles. The highest BCUT2D eigenvalue weighted by molar-refractivity contribution is 5.99. The number of imide groups is 1. The van der Waals surface area contributed by atoms with Crippen LogP contribution in [0.1, 0.15) is 54.1 Å². The number of ether oxygens (including phenoxy) is 1. The van der Waals surface area contributed by atoms with Crippen LogP contribution in [0, 0.1) is 13.8 Å². The second-order valence-electron chi connectivity index (χ2n) is 6.24. The van der Waals surface area contributed by atoms with Gasteiger partial charge in [0.05, 0.1) is 5.56 Å². The summed E-state index contributed by atoms with van der Waals surface area (Å²) in [7, 11) is 0. The van der Waals surface area contributed by atoms with Crippen molar-refractivity contribution in [1.82, 2.24) is 10.6 Å². The molecule has 130 valence electrons. The minimum atomic E-state index is -1.05. The van der Waals surface area contributed by atoms with Crippen molar-refractivity contribution in [3.05, 3.63) is 34.9 Å². The monoisotopic (exact) mass is 332 g/mol. The van der Waals surface area contributed by atoms with Gasteiger partial charge in [-0.15, -0.1) is 0 Å². The fraction of sp³-hybridized carbons (Fsp3) is 0.500. The Balaban J connectivity index is 1.87. The lowest BCUT2D eigenvalue weighted by molar-refractivity contribution is -0.127. The van der Waals surface area contributed by atoms with Gasteiger partial charge in [0.1, 0.15) is 0 Å². The summed E-state index contributed by atoms with van der Waals surface area (Å²) in [6, 6.07) is 4.89. The molecule has 0 radical (unpaired) electrons. The third kappa shape index (κ3) is 4.57. The first-order valence-electron chi connectivity index (χ1n) is 8.27. The summed E-state index contributed by atoms with van der Waals surface area (Å²) < 4.78 is 5.17. The number of rotatable bonds is 4. The molecule has 24 heavy (non-hydrogen) atoms. The molecule has 6 heteroatoms. The average Bonchev–Trinajstić information content (AvgIpc) is 3.02. The number of nitrogens with one attached hydrogen (secondary N) is 2. The van der Waals surface area contributed by atoms with Crippen LogP contribution < -0.4 is 10.6 Å². The van der Waals surface area contributed by atoms with Gasteiger partial charge in [-0.3, -0.25) is 10.1 Å². The van der Waals surface area contributed by atoms with Crippen molar-refractivity contribution in [3.8, 4) is 0 Å². The zero-order valence-corrected chi connectivity index (χ0v) is 14.3. The molecule has 3 amide bonds. The quantitative estimate of drug-likeness (QED) is 0.830. The van der Waals surface area contributed by atoms with Gasteiger partial charge in [0.15, 0.2) is 6.10 Å². The van der Waals surface area contributed by atoms with Crippen molar-refractivity contribution in [3.63, 3.8) is 0 Å². The third-order valence-electron chi connectivity index (χ3n) is 4.40. The first-order chi connectivity index (χ1) is 11.4. The maximum Gasteiger partial charge on any atom is 0.339 e. The molecule has 0 saturated heterocycles. The van der Waals surface area contributed by atoms with E-state index in [-0.39, 0.29) is 6.04 Å². The van der Waals surface area contributed by atoms with Crippen molar-refractivity contribution in [2.45, 2.75) is 58.6 Å². The maximum atomic E-state index is 12.2. The van der Waals surface area contributed by atoms with E-state index in [0.717, 1.165) is 36.8 Å². The number of esters is 1. The number of aryl methyl sites for hydroxylation is 1. The van der Waals surface area contributed by atoms with Crippen LogP contribution >= 0.6 is 0 Å². The largest absolute Gasteiger partial charge is 0.449 e. The molecule has 0 spiro atoms. The molecule has 0 aromatic heterocycles. The summed E-state index contributed by atoms with van der Waals surface area (Å²) in [6.45, 7) is 5.17. The number of hydrogen-bond donors (Lipinski definition) is 2. The number of benzene rings is 1. The molecule has 1 aromatic rings. The lowest BCUT2D eigenvalue weighted by atomic mass is 10.0. The maximum absolute atomic E-state index is 12.2. The van der Waals surface area contributed by atoms with Crippen molar-refractivity contribution in [2.75, 3.05) is 0 Å². The molecule has 2 rings (SSSR count). The molecule has 1 atom stereocenters. The van der Waals surface area contributed by atoms with Gasteiger partial charge in [-0.1, -0.05) is 25.0 Å². The molecule has 0 heterocycles. The first kappa shape index (κ1) is 18.0. The van der Waals surface area contributed by atoms with Gasteiger partial charge in [0, 0.05) is 6.04 Å². The van der Waals surface area contributed by atoms with Crippen molar-refractivity contribution >= 4 is 17.9 Å². The highest BCUT2D eigenvalue weighted by atomic mass is 16.5. The Labute approximate surface area is 142 Å². The zero-order valence-electron chi connectivity index (χ0n) is 14.3. The minimum absolute atomic E-state index is 0.116. The smallest absolute Gasteiger partial charge is 0.339 e. The highest BCUT2D eigenvalue weighted by Crippen LogP contribution is 2.17. The van der Waals surface area contributed by atoms with E-state index in [1.165, 1.54) is 6.92 Å². The summed E-state index contributed by atoms with van der Waals surface area (Å²) >= 11 is 0. The second kappa shape index (κ2) is 7.95. The Morgan fingerprint density at radius 2 is 1.83 bits per heavy atom. The molecular formula is C18H24N2O4. The Morgan fingerprint density at radius 1 is 1.17 bits per heavy atom. The van der Waals surface area contributed by atoms with E-state index in [1.807, 2.05) is 19.9 Å². The Hall–Kier alpha value is -2.37. The van der Waals surface area contributed by atoms with E-state index in [0.29, 0.717) is 5.56 Å². The minimum Gasteiger partial charge on any atom is -0.449 e. The van der Waals surface area contributed by atoms with Crippen molar-refractivity contribution < 1.29 is 19.1 Å². The summed E-state index contributed by atoms with van der Waals surface area (Å²) in [5.74, 6) is -1.21. The second-order valence-corrected chi connectivity index (χ2v) is 6.24. The molecule has 1 aliphatic rings. The molecule has 6 nitrogen and oxygen atoms in total. The SMILES string of the molecule is Cc1cccc(C(=O)OC(C)C(=O)NC(=O)NC2CCCC2)c1C. The number of carbonyl (C=O) groups is 3. The normalized spacial score (nSPS) is 15.6. The molecular weight excluding hydrogens is 308 g/mol. The Morgan fingerprint density at radius 3 is 2.50 bits per heavy atom. The predicted octanol–water partition coefficient (Wildman–Crippen LogP) is 2.62. The summed E-state index contributed by atoms with van der Waals surface area (Å²) in [5, 5.41) is 4.98. The zero-order chi connectivity index (χ0) is 17.7. The van der Waals surface area contributed by atoms with Crippen LogP contribution in [0.4, 0.5) is 4.79 Å². The van der Waals surface area contributed by atoms with Crippen LogP contribution in [-0.4, -0.2) is 30.1 Å². The van der Waals surface area contributed by atoms with Crippen LogP contribution in [0.3, 0.4) is 0 Å². The van der Waals surface area contributed by atoms with Gasteiger partial charge in [-0.25, -0.2) is 9.59 Å². The van der Waals surface area contributed by atoms with E-state index in [4.69, 9.17) is 4.74 Å². The lowest BCUT2D eigenvalue weighted by Gasteiger charge is -2.16. The van der Waals surface area contributed by atoms with E-state index >= 15 is 0 Å². The van der Waals surface area contributed by atoms with Gasteiger partial charge in [0.2, 0.25) is 0 Å². The van der Waals surface area contributed by atoms with Gasteiger partial charge in [0.25, 0.3) is 5.91 Å². The third-order valence-corrected chi connectivity index (χ3v) is 4.40. The lowest BCUT2D eigenvalue weighted by Crippen LogP contribution is -2.47. The predicted molar refractivity (Wildman–Crippen MR) is 89.7 cm³/mol. The number of carbonyl (C=O) groups excluding carboxylic acids is 3. The topological polar surface area (TPSA) is 84.5 Å². The van der Waals surface area contributed by atoms with Crippen LogP contribution in [0.15, 0.2) is 18.2 Å². The Kier molecular flexibility index (Phi) is 5.95. The van der Waals surface area contributed by atoms with Crippen molar-refractivity contribution in [2.24, 2.45) is 0 Å². The van der Waals surface area contributed by atoms with Gasteiger partial charge in [-0.05, 0) is 50.8 Å². The number of amides is 3. The molecule has 2 N–H and O–H groups in total. The summed E-state index contributed by atoms with van der Waals surface area (Å²) in [4.78, 5) is 36.0. The summed E-state index contributed by atoms with van der Waals surface area (Å²) in [6.07, 6.45) is 2.98. The standard InChI is InChI=1S/C18H24N2O4/c1-11-7-6-10-15(12(11)2)17(22)24-13(3)16(21)20-18(23)19-14-8-4-5-9-14/h6-7,10,13-14H,4-5,8-9H2,1-3H3,(H2,19,20,21,23). The van der Waals surface area contributed by atoms with Crippen LogP contribution in [0.2, 0.25) is 0 Å². The van der Waals surface area contributed by atoms with Crippen LogP contribution in [0.25, 0.3) is 0 Å². The van der Waals surface area contributed by atoms with Crippen LogP contribution in [-0.2, 0) is 9.53 Å². The number of hydrogen-bond acceptors (Lipinski definition) is 4. The first-order valence-corrected chi connectivity index (χ1v) is 8.27. The highest BCUT2D eigenvalue weighted by Gasteiger charge is 2.23. The molecule has 0 bridgehead atoms. The Bertz CT molecular complexity index is 636. The van der Waals surface area contributed by atoms with E-state index in [2.05, 4.69) is 10.6 Å². The van der Waals surface area contributed by atoms with E-state index in [9.17, 15) is 14.4 Å². The van der Waals surface area contributed by atoms with Gasteiger partial charge in [-0.2, -0.15) is 0 Å². The average molecular weight is 332 g/mol. The van der Waals surface area contributed by atoms with Crippen LogP contribution in [0.5, 0.6) is 0 Å². The molecule has 1 aliphatic carbocycles. The van der Waals surface area contributed by atoms with E-state index in [1.54, 1.807) is 12.1 Å². The summed E-state index contributed by atoms with van der Waals surface area (Å²) in [5.41, 5.74) is 2.21. The van der Waals surface area contributed by atoms with Crippen molar-refractivity contribution in [1.29, 1.82) is 0 Å². The fourth-order valence-electron chi connectivity index (χ4n) is 2.75. The fourth-order valence-corrected chi connectivity index (χ4v) is 2.75. The molecule has 1 fully saturated rings. The van der Waals surface area contributed by atoms with E-state index < -0.39 is 24.0 Å². The molecule has 1 aromatic carbocycles. The van der Waals surface area contributed by atoms with Gasteiger partial charge >= 0.3 is 12.0 Å². The molecule has 1 saturated carbocycles. The number of urea groups is 1.